The van der Waals surface area contributed by atoms with Crippen LogP contribution in [-0.4, -0.2) is 38.3 Å². The maximum atomic E-state index is 13.3. The van der Waals surface area contributed by atoms with Gasteiger partial charge in [0.1, 0.15) is 16.9 Å². The molecule has 0 aliphatic carbocycles. The quantitative estimate of drug-likeness (QED) is 0.427. The monoisotopic (exact) mass is 476 g/mol. The van der Waals surface area contributed by atoms with Crippen molar-refractivity contribution in [3.05, 3.63) is 83.9 Å². The second kappa shape index (κ2) is 10.7. The molecule has 0 N–H and O–H groups in total. The summed E-state index contributed by atoms with van der Waals surface area (Å²) in [7, 11) is 3.17. The first-order chi connectivity index (χ1) is 16.6. The summed E-state index contributed by atoms with van der Waals surface area (Å²) in [5.41, 5.74) is 3.14. The van der Waals surface area contributed by atoms with Gasteiger partial charge in [0.2, 0.25) is 5.91 Å². The highest BCUT2D eigenvalue weighted by Gasteiger charge is 2.36. The highest BCUT2D eigenvalue weighted by molar-refractivity contribution is 8.00. The van der Waals surface area contributed by atoms with Gasteiger partial charge in [0.15, 0.2) is 0 Å². The van der Waals surface area contributed by atoms with Gasteiger partial charge in [-0.25, -0.2) is 0 Å². The number of nitrogens with zero attached hydrogens (tertiary/aromatic N) is 2. The summed E-state index contributed by atoms with van der Waals surface area (Å²) in [5, 5.41) is -0.209. The average Bonchev–Trinajstić information content (AvgIpc) is 3.28. The predicted molar refractivity (Wildman–Crippen MR) is 137 cm³/mol. The lowest BCUT2D eigenvalue weighted by atomic mass is 10.1. The minimum Gasteiger partial charge on any atom is -0.497 e. The lowest BCUT2D eigenvalue weighted by Gasteiger charge is -2.26. The molecule has 1 heterocycles. The fourth-order valence-corrected chi connectivity index (χ4v) is 5.21. The largest absolute Gasteiger partial charge is 0.497 e. The molecular weight excluding hydrogens is 448 g/mol. The zero-order chi connectivity index (χ0) is 24.1. The molecule has 3 aromatic rings. The fourth-order valence-electron chi connectivity index (χ4n) is 4.04. The third-order valence-corrected chi connectivity index (χ3v) is 6.93. The zero-order valence-electron chi connectivity index (χ0n) is 19.6. The van der Waals surface area contributed by atoms with Gasteiger partial charge in [-0.15, -0.1) is 11.8 Å². The number of carbonyl (C=O) groups is 2. The number of hydrogen-bond acceptors (Lipinski definition) is 5. The number of ether oxygens (including phenoxy) is 2. The number of benzene rings is 3. The molecule has 176 valence electrons. The van der Waals surface area contributed by atoms with E-state index < -0.39 is 0 Å². The predicted octanol–water partition coefficient (Wildman–Crippen LogP) is 5.54. The smallest absolute Gasteiger partial charge is 0.258 e. The first-order valence-electron chi connectivity index (χ1n) is 11.2. The van der Waals surface area contributed by atoms with Gasteiger partial charge in [-0.05, 0) is 48.4 Å². The summed E-state index contributed by atoms with van der Waals surface area (Å²) in [6.07, 6.45) is 0.859. The molecule has 2 amide bonds. The molecule has 0 bridgehead atoms. The summed E-state index contributed by atoms with van der Waals surface area (Å²) in [4.78, 5) is 29.7. The number of methoxy groups -OCH3 is 2. The van der Waals surface area contributed by atoms with Crippen LogP contribution >= 0.6 is 11.8 Å². The van der Waals surface area contributed by atoms with Crippen molar-refractivity contribution >= 4 is 35.0 Å². The highest BCUT2D eigenvalue weighted by atomic mass is 32.2. The maximum absolute atomic E-state index is 13.3. The van der Waals surface area contributed by atoms with Gasteiger partial charge in [-0.2, -0.15) is 0 Å². The van der Waals surface area contributed by atoms with Crippen LogP contribution < -0.4 is 19.3 Å². The van der Waals surface area contributed by atoms with Crippen LogP contribution in [0.4, 0.5) is 11.4 Å². The molecule has 7 heteroatoms. The Labute approximate surface area is 204 Å². The molecule has 0 spiro atoms. The Morgan fingerprint density at radius 2 is 1.76 bits per heavy atom. The Hall–Kier alpha value is -3.45. The molecule has 1 saturated heterocycles. The molecule has 0 radical (unpaired) electrons. The molecule has 34 heavy (non-hydrogen) atoms. The third-order valence-electron chi connectivity index (χ3n) is 5.72. The number of hydrogen-bond donors (Lipinski definition) is 0. The van der Waals surface area contributed by atoms with E-state index in [1.807, 2.05) is 66.7 Å². The van der Waals surface area contributed by atoms with Crippen LogP contribution in [0.1, 0.15) is 34.6 Å². The third kappa shape index (κ3) is 4.75. The van der Waals surface area contributed by atoms with Crippen LogP contribution in [0.5, 0.6) is 11.5 Å². The lowest BCUT2D eigenvalue weighted by Crippen LogP contribution is -2.31. The van der Waals surface area contributed by atoms with E-state index in [-0.39, 0.29) is 17.2 Å². The van der Waals surface area contributed by atoms with Crippen molar-refractivity contribution in [2.75, 3.05) is 36.3 Å². The Balaban J connectivity index is 1.61. The molecule has 1 aliphatic heterocycles. The van der Waals surface area contributed by atoms with Crippen LogP contribution in [0.25, 0.3) is 0 Å². The van der Waals surface area contributed by atoms with Gasteiger partial charge in [0.25, 0.3) is 5.91 Å². The topological polar surface area (TPSA) is 59.1 Å². The Morgan fingerprint density at radius 3 is 2.41 bits per heavy atom. The first-order valence-corrected chi connectivity index (χ1v) is 12.2. The minimum atomic E-state index is -0.209. The van der Waals surface area contributed by atoms with Crippen molar-refractivity contribution in [1.29, 1.82) is 0 Å². The summed E-state index contributed by atoms with van der Waals surface area (Å²) in [6, 6.07) is 22.7. The molecule has 1 aliphatic rings. The van der Waals surface area contributed by atoms with E-state index in [2.05, 4.69) is 6.92 Å². The normalized spacial score (nSPS) is 15.3. The van der Waals surface area contributed by atoms with Crippen LogP contribution in [0.2, 0.25) is 0 Å². The standard InChI is InChI=1S/C27H28N2O4S/c1-4-16-28(21-8-6-5-7-9-21)26(31)19-10-12-20(13-11-19)27-29(25(30)18-34-27)23-15-14-22(32-2)17-24(23)33-3/h5-15,17,27H,4,16,18H2,1-3H3. The van der Waals surface area contributed by atoms with E-state index in [1.165, 1.54) is 0 Å². The van der Waals surface area contributed by atoms with Crippen molar-refractivity contribution in [1.82, 2.24) is 0 Å². The minimum absolute atomic E-state index is 0.0109. The van der Waals surface area contributed by atoms with Gasteiger partial charge < -0.3 is 14.4 Å². The number of thioether (sulfide) groups is 1. The molecule has 0 saturated carbocycles. The molecule has 3 aromatic carbocycles. The summed E-state index contributed by atoms with van der Waals surface area (Å²) < 4.78 is 10.8. The second-order valence-corrected chi connectivity index (χ2v) is 8.95. The summed E-state index contributed by atoms with van der Waals surface area (Å²) >= 11 is 1.56. The van der Waals surface area contributed by atoms with Crippen LogP contribution in [0.3, 0.4) is 0 Å². The van der Waals surface area contributed by atoms with Gasteiger partial charge in [0.05, 0.1) is 25.7 Å². The van der Waals surface area contributed by atoms with Crippen molar-refractivity contribution < 1.29 is 19.1 Å². The lowest BCUT2D eigenvalue weighted by molar-refractivity contribution is -0.115. The van der Waals surface area contributed by atoms with Crippen LogP contribution in [0.15, 0.2) is 72.8 Å². The first kappa shape index (κ1) is 23.7. The molecule has 1 fully saturated rings. The molecule has 4 rings (SSSR count). The Morgan fingerprint density at radius 1 is 1.03 bits per heavy atom. The Kier molecular flexibility index (Phi) is 7.43. The van der Waals surface area contributed by atoms with Gasteiger partial charge in [0, 0.05) is 23.9 Å². The van der Waals surface area contributed by atoms with Gasteiger partial charge >= 0.3 is 0 Å². The second-order valence-electron chi connectivity index (χ2n) is 7.88. The number of carbonyl (C=O) groups excluding carboxylic acids is 2. The van der Waals surface area contributed by atoms with E-state index >= 15 is 0 Å². The van der Waals surface area contributed by atoms with Gasteiger partial charge in [-0.1, -0.05) is 37.3 Å². The number of amides is 2. The number of rotatable bonds is 8. The molecule has 1 atom stereocenters. The molecule has 0 aromatic heterocycles. The van der Waals surface area contributed by atoms with E-state index in [9.17, 15) is 9.59 Å². The molecular formula is C27H28N2O4S. The van der Waals surface area contributed by atoms with Crippen molar-refractivity contribution in [2.45, 2.75) is 18.7 Å². The van der Waals surface area contributed by atoms with Crippen molar-refractivity contribution in [3.8, 4) is 11.5 Å². The number of anilines is 2. The molecule has 1 unspecified atom stereocenters. The van der Waals surface area contributed by atoms with Crippen LogP contribution in [0, 0.1) is 0 Å². The van der Waals surface area contributed by atoms with Crippen LogP contribution in [-0.2, 0) is 4.79 Å². The van der Waals surface area contributed by atoms with E-state index in [4.69, 9.17) is 9.47 Å². The number of para-hydroxylation sites is 1. The van der Waals surface area contributed by atoms with E-state index in [1.54, 1.807) is 41.8 Å². The average molecular weight is 477 g/mol. The SMILES string of the molecule is CCCN(C(=O)c1ccc(C2SCC(=O)N2c2ccc(OC)cc2OC)cc1)c1ccccc1. The van der Waals surface area contributed by atoms with E-state index in [0.717, 1.165) is 17.7 Å². The molecule has 6 nitrogen and oxygen atoms in total. The van der Waals surface area contributed by atoms with Gasteiger partial charge in [-0.3, -0.25) is 14.5 Å². The fraction of sp³-hybridized carbons (Fsp3) is 0.259. The maximum Gasteiger partial charge on any atom is 0.258 e. The highest BCUT2D eigenvalue weighted by Crippen LogP contribution is 2.45. The van der Waals surface area contributed by atoms with Crippen molar-refractivity contribution in [3.63, 3.8) is 0 Å². The zero-order valence-corrected chi connectivity index (χ0v) is 20.4. The Bertz CT molecular complexity index is 1150. The van der Waals surface area contributed by atoms with E-state index in [0.29, 0.717) is 35.0 Å². The summed E-state index contributed by atoms with van der Waals surface area (Å²) in [5.74, 6) is 1.58. The van der Waals surface area contributed by atoms with Crippen molar-refractivity contribution in [2.24, 2.45) is 0 Å². The summed E-state index contributed by atoms with van der Waals surface area (Å²) in [6.45, 7) is 2.70.